The molecule has 0 amide bonds. The van der Waals surface area contributed by atoms with Gasteiger partial charge in [-0.1, -0.05) is 25.4 Å². The maximum absolute atomic E-state index is 7.46. The van der Waals surface area contributed by atoms with E-state index in [9.17, 15) is 0 Å². The number of halogens is 1. The molecule has 0 aromatic carbocycles. The molecule has 14 heavy (non-hydrogen) atoms. The number of anilines is 1. The summed E-state index contributed by atoms with van der Waals surface area (Å²) in [5.41, 5.74) is 1.92. The van der Waals surface area contributed by atoms with Crippen LogP contribution in [0.15, 0.2) is 12.3 Å². The first-order valence-electron chi connectivity index (χ1n) is 4.54. The van der Waals surface area contributed by atoms with Crippen molar-refractivity contribution >= 4 is 23.0 Å². The van der Waals surface area contributed by atoms with Crippen LogP contribution in [0.3, 0.4) is 0 Å². The lowest BCUT2D eigenvalue weighted by atomic mass is 10.1. The quantitative estimate of drug-likeness (QED) is 0.586. The molecule has 0 radical (unpaired) electrons. The van der Waals surface area contributed by atoms with Gasteiger partial charge < -0.3 is 10.7 Å². The molecule has 0 aliphatic heterocycles. The summed E-state index contributed by atoms with van der Waals surface area (Å²) in [4.78, 5) is 3.89. The van der Waals surface area contributed by atoms with Crippen molar-refractivity contribution in [3.63, 3.8) is 0 Å². The third-order valence-electron chi connectivity index (χ3n) is 1.55. The largest absolute Gasteiger partial charge is 0.387 e. The van der Waals surface area contributed by atoms with Crippen molar-refractivity contribution < 1.29 is 0 Å². The third kappa shape index (κ3) is 3.00. The van der Waals surface area contributed by atoms with E-state index in [1.807, 2.05) is 13.8 Å². The molecule has 4 heteroatoms. The SMILES string of the molecule is CC.CNc1ccnc(Cl)c1C(C)=N. The van der Waals surface area contributed by atoms with Crippen LogP contribution in [0.25, 0.3) is 0 Å². The molecule has 0 saturated carbocycles. The number of aromatic nitrogens is 1. The highest BCUT2D eigenvalue weighted by atomic mass is 35.5. The standard InChI is InChI=1S/C8H10ClN3.C2H6/c1-5(10)7-6(11-2)3-4-12-8(7)9;1-2/h3-4,10H,1-2H3,(H,11,12);1-2H3. The van der Waals surface area contributed by atoms with Crippen LogP contribution in [0.4, 0.5) is 5.69 Å². The normalized spacial score (nSPS) is 8.64. The molecule has 0 atom stereocenters. The van der Waals surface area contributed by atoms with Crippen molar-refractivity contribution in [2.45, 2.75) is 20.8 Å². The van der Waals surface area contributed by atoms with Crippen molar-refractivity contribution in [2.24, 2.45) is 0 Å². The number of rotatable bonds is 2. The van der Waals surface area contributed by atoms with Crippen LogP contribution in [0.1, 0.15) is 26.3 Å². The van der Waals surface area contributed by atoms with Gasteiger partial charge in [0, 0.05) is 24.6 Å². The summed E-state index contributed by atoms with van der Waals surface area (Å²) in [5.74, 6) is 0. The highest BCUT2D eigenvalue weighted by Gasteiger charge is 2.07. The average Bonchev–Trinajstić information content (AvgIpc) is 2.19. The molecule has 0 unspecified atom stereocenters. The van der Waals surface area contributed by atoms with Gasteiger partial charge in [-0.05, 0) is 13.0 Å². The number of nitrogens with one attached hydrogen (secondary N) is 2. The molecule has 2 N–H and O–H groups in total. The monoisotopic (exact) mass is 213 g/mol. The summed E-state index contributed by atoms with van der Waals surface area (Å²) in [6.45, 7) is 5.68. The van der Waals surface area contributed by atoms with Gasteiger partial charge in [-0.15, -0.1) is 0 Å². The minimum atomic E-state index is 0.370. The van der Waals surface area contributed by atoms with Gasteiger partial charge in [-0.3, -0.25) is 0 Å². The van der Waals surface area contributed by atoms with Gasteiger partial charge in [0.15, 0.2) is 0 Å². The molecule has 1 aromatic rings. The van der Waals surface area contributed by atoms with Crippen molar-refractivity contribution in [1.29, 1.82) is 5.41 Å². The van der Waals surface area contributed by atoms with E-state index in [2.05, 4.69) is 10.3 Å². The first kappa shape index (κ1) is 12.9. The Bertz CT molecular complexity index is 310. The molecule has 0 saturated heterocycles. The lowest BCUT2D eigenvalue weighted by Crippen LogP contribution is -2.02. The molecule has 1 rings (SSSR count). The van der Waals surface area contributed by atoms with Crippen LogP contribution < -0.4 is 5.32 Å². The zero-order valence-electron chi connectivity index (χ0n) is 8.98. The Hall–Kier alpha value is -1.09. The van der Waals surface area contributed by atoms with E-state index in [0.717, 1.165) is 5.69 Å². The lowest BCUT2D eigenvalue weighted by Gasteiger charge is -2.07. The zero-order chi connectivity index (χ0) is 11.1. The fourth-order valence-corrected chi connectivity index (χ4v) is 1.30. The summed E-state index contributed by atoms with van der Waals surface area (Å²) >= 11 is 5.81. The van der Waals surface area contributed by atoms with Gasteiger partial charge in [0.05, 0.1) is 5.56 Å². The van der Waals surface area contributed by atoms with Crippen LogP contribution in [-0.4, -0.2) is 17.7 Å². The van der Waals surface area contributed by atoms with E-state index in [1.54, 1.807) is 26.2 Å². The zero-order valence-corrected chi connectivity index (χ0v) is 9.74. The van der Waals surface area contributed by atoms with E-state index in [0.29, 0.717) is 16.4 Å². The number of hydrogen-bond acceptors (Lipinski definition) is 3. The molecule has 1 heterocycles. The molecular formula is C10H16ClN3. The highest BCUT2D eigenvalue weighted by Crippen LogP contribution is 2.21. The summed E-state index contributed by atoms with van der Waals surface area (Å²) in [6, 6.07) is 1.79. The van der Waals surface area contributed by atoms with Crippen LogP contribution >= 0.6 is 11.6 Å². The van der Waals surface area contributed by atoms with Gasteiger partial charge in [-0.2, -0.15) is 0 Å². The molecule has 0 aliphatic rings. The average molecular weight is 214 g/mol. The van der Waals surface area contributed by atoms with E-state index >= 15 is 0 Å². The molecular weight excluding hydrogens is 198 g/mol. The first-order chi connectivity index (χ1) is 6.66. The van der Waals surface area contributed by atoms with Crippen LogP contribution in [0, 0.1) is 5.41 Å². The summed E-state index contributed by atoms with van der Waals surface area (Å²) < 4.78 is 0. The predicted octanol–water partition coefficient (Wildman–Crippen LogP) is 3.19. The predicted molar refractivity (Wildman–Crippen MR) is 62.6 cm³/mol. The maximum atomic E-state index is 7.46. The Balaban J connectivity index is 0.000000791. The number of nitrogens with zero attached hydrogens (tertiary/aromatic N) is 1. The van der Waals surface area contributed by atoms with Gasteiger partial charge >= 0.3 is 0 Å². The van der Waals surface area contributed by atoms with E-state index in [-0.39, 0.29) is 0 Å². The molecule has 3 nitrogen and oxygen atoms in total. The van der Waals surface area contributed by atoms with Crippen LogP contribution in [-0.2, 0) is 0 Å². The van der Waals surface area contributed by atoms with Crippen molar-refractivity contribution in [3.05, 3.63) is 23.0 Å². The highest BCUT2D eigenvalue weighted by molar-refractivity contribution is 6.33. The Morgan fingerprint density at radius 1 is 1.50 bits per heavy atom. The van der Waals surface area contributed by atoms with Crippen molar-refractivity contribution in [3.8, 4) is 0 Å². The minimum Gasteiger partial charge on any atom is -0.387 e. The summed E-state index contributed by atoms with van der Waals surface area (Å²) in [7, 11) is 1.79. The summed E-state index contributed by atoms with van der Waals surface area (Å²) in [5, 5.41) is 10.8. The van der Waals surface area contributed by atoms with Gasteiger partial charge in [-0.25, -0.2) is 4.98 Å². The Morgan fingerprint density at radius 3 is 2.43 bits per heavy atom. The molecule has 0 bridgehead atoms. The number of pyridine rings is 1. The van der Waals surface area contributed by atoms with Crippen LogP contribution in [0.5, 0.6) is 0 Å². The van der Waals surface area contributed by atoms with Crippen molar-refractivity contribution in [2.75, 3.05) is 12.4 Å². The fourth-order valence-electron chi connectivity index (χ4n) is 1.00. The summed E-state index contributed by atoms with van der Waals surface area (Å²) in [6.07, 6.45) is 1.61. The fraction of sp³-hybridized carbons (Fsp3) is 0.400. The number of hydrogen-bond donors (Lipinski definition) is 2. The van der Waals surface area contributed by atoms with Gasteiger partial charge in [0.1, 0.15) is 5.15 Å². The molecule has 0 aliphatic carbocycles. The smallest absolute Gasteiger partial charge is 0.140 e. The molecule has 78 valence electrons. The molecule has 0 fully saturated rings. The first-order valence-corrected chi connectivity index (χ1v) is 4.92. The minimum absolute atomic E-state index is 0.370. The third-order valence-corrected chi connectivity index (χ3v) is 1.84. The second kappa shape index (κ2) is 6.38. The topological polar surface area (TPSA) is 48.8 Å². The second-order valence-corrected chi connectivity index (χ2v) is 2.76. The van der Waals surface area contributed by atoms with E-state index < -0.39 is 0 Å². The van der Waals surface area contributed by atoms with Crippen LogP contribution in [0.2, 0.25) is 5.15 Å². The Kier molecular flexibility index (Phi) is 5.88. The molecule has 0 spiro atoms. The maximum Gasteiger partial charge on any atom is 0.140 e. The Morgan fingerprint density at radius 2 is 2.07 bits per heavy atom. The van der Waals surface area contributed by atoms with Crippen molar-refractivity contribution in [1.82, 2.24) is 4.98 Å². The lowest BCUT2D eigenvalue weighted by molar-refractivity contribution is 1.29. The van der Waals surface area contributed by atoms with Gasteiger partial charge in [0.2, 0.25) is 0 Å². The van der Waals surface area contributed by atoms with E-state index in [4.69, 9.17) is 17.0 Å². The Labute approximate surface area is 90.0 Å². The van der Waals surface area contributed by atoms with E-state index in [1.165, 1.54) is 0 Å². The van der Waals surface area contributed by atoms with Gasteiger partial charge in [0.25, 0.3) is 0 Å². The molecule has 1 aromatic heterocycles. The second-order valence-electron chi connectivity index (χ2n) is 2.40.